The van der Waals surface area contributed by atoms with Gasteiger partial charge in [-0.1, -0.05) is 19.9 Å². The molecule has 0 aromatic carbocycles. The van der Waals surface area contributed by atoms with Crippen LogP contribution in [0.15, 0.2) is 18.2 Å². The highest BCUT2D eigenvalue weighted by molar-refractivity contribution is 5.37. The molecule has 4 heteroatoms. The predicted molar refractivity (Wildman–Crippen MR) is 58.2 cm³/mol. The van der Waals surface area contributed by atoms with E-state index in [0.717, 1.165) is 12.8 Å². The molecule has 0 radical (unpaired) electrons. The zero-order valence-corrected chi connectivity index (χ0v) is 9.13. The minimum absolute atomic E-state index is 0.0121. The normalized spacial score (nSPS) is 11.5. The largest absolute Gasteiger partial charge is 0.394 e. The van der Waals surface area contributed by atoms with Crippen molar-refractivity contribution in [3.8, 4) is 0 Å². The molecule has 1 aromatic heterocycles. The summed E-state index contributed by atoms with van der Waals surface area (Å²) in [6.45, 7) is 3.97. The van der Waals surface area contributed by atoms with Gasteiger partial charge in [-0.05, 0) is 25.0 Å². The lowest BCUT2D eigenvalue weighted by Gasteiger charge is -2.31. The van der Waals surface area contributed by atoms with E-state index in [-0.39, 0.29) is 6.61 Å². The van der Waals surface area contributed by atoms with Gasteiger partial charge in [-0.25, -0.2) is 4.98 Å². The maximum atomic E-state index is 12.8. The van der Waals surface area contributed by atoms with Gasteiger partial charge in [0.05, 0.1) is 12.1 Å². The van der Waals surface area contributed by atoms with Crippen LogP contribution in [0.25, 0.3) is 0 Å². The number of aliphatic hydroxyl groups is 1. The van der Waals surface area contributed by atoms with Crippen molar-refractivity contribution in [1.29, 1.82) is 0 Å². The Labute approximate surface area is 89.4 Å². The molecule has 0 unspecified atom stereocenters. The summed E-state index contributed by atoms with van der Waals surface area (Å²) >= 11 is 0. The third kappa shape index (κ3) is 2.89. The number of hydrogen-bond acceptors (Lipinski definition) is 3. The van der Waals surface area contributed by atoms with Crippen LogP contribution < -0.4 is 5.32 Å². The molecule has 15 heavy (non-hydrogen) atoms. The second-order valence-electron chi connectivity index (χ2n) is 3.62. The second kappa shape index (κ2) is 5.07. The number of rotatable bonds is 5. The Kier molecular flexibility index (Phi) is 4.03. The summed E-state index contributed by atoms with van der Waals surface area (Å²) in [4.78, 5) is 3.71. The molecule has 0 saturated heterocycles. The van der Waals surface area contributed by atoms with Gasteiger partial charge < -0.3 is 10.4 Å². The second-order valence-corrected chi connectivity index (χ2v) is 3.62. The van der Waals surface area contributed by atoms with Crippen LogP contribution in [-0.4, -0.2) is 22.2 Å². The molecule has 0 saturated carbocycles. The Bertz CT molecular complexity index is 305. The predicted octanol–water partition coefficient (Wildman–Crippen LogP) is 2.18. The molecule has 0 fully saturated rings. The van der Waals surface area contributed by atoms with Gasteiger partial charge >= 0.3 is 0 Å². The van der Waals surface area contributed by atoms with E-state index >= 15 is 0 Å². The van der Waals surface area contributed by atoms with Crippen LogP contribution in [-0.2, 0) is 0 Å². The smallest absolute Gasteiger partial charge is 0.214 e. The minimum atomic E-state index is -0.515. The molecule has 1 heterocycles. The number of halogens is 1. The lowest BCUT2D eigenvalue weighted by molar-refractivity contribution is 0.202. The Morgan fingerprint density at radius 2 is 2.07 bits per heavy atom. The first-order valence-corrected chi connectivity index (χ1v) is 5.17. The van der Waals surface area contributed by atoms with Crippen LogP contribution in [0.3, 0.4) is 0 Å². The average molecular weight is 212 g/mol. The van der Waals surface area contributed by atoms with E-state index in [0.29, 0.717) is 5.82 Å². The molecule has 2 N–H and O–H groups in total. The highest BCUT2D eigenvalue weighted by atomic mass is 19.1. The highest BCUT2D eigenvalue weighted by Gasteiger charge is 2.25. The fraction of sp³-hybridized carbons (Fsp3) is 0.545. The monoisotopic (exact) mass is 212 g/mol. The SMILES string of the molecule is CCC(CC)(CO)Nc1cccc(F)n1. The number of aromatic nitrogens is 1. The molecule has 0 aliphatic heterocycles. The van der Waals surface area contributed by atoms with Crippen molar-refractivity contribution in [1.82, 2.24) is 4.98 Å². The van der Waals surface area contributed by atoms with Crippen LogP contribution in [0.2, 0.25) is 0 Å². The summed E-state index contributed by atoms with van der Waals surface area (Å²) in [6, 6.07) is 4.58. The van der Waals surface area contributed by atoms with Crippen molar-refractivity contribution in [2.75, 3.05) is 11.9 Å². The van der Waals surface area contributed by atoms with Gasteiger partial charge in [-0.15, -0.1) is 0 Å². The Morgan fingerprint density at radius 3 is 2.53 bits per heavy atom. The topological polar surface area (TPSA) is 45.1 Å². The molecular formula is C11H17FN2O. The fourth-order valence-corrected chi connectivity index (χ4v) is 1.44. The third-order valence-electron chi connectivity index (χ3n) is 2.76. The van der Waals surface area contributed by atoms with Gasteiger partial charge in [0.2, 0.25) is 5.95 Å². The van der Waals surface area contributed by atoms with E-state index in [1.807, 2.05) is 13.8 Å². The number of nitrogens with zero attached hydrogens (tertiary/aromatic N) is 1. The fourth-order valence-electron chi connectivity index (χ4n) is 1.44. The Morgan fingerprint density at radius 1 is 1.40 bits per heavy atom. The standard InChI is InChI=1S/C11H17FN2O/c1-3-11(4-2,8-15)14-10-7-5-6-9(12)13-10/h5-7,15H,3-4,8H2,1-2H3,(H,13,14). The quantitative estimate of drug-likeness (QED) is 0.735. The number of anilines is 1. The first-order chi connectivity index (χ1) is 7.15. The van der Waals surface area contributed by atoms with Crippen LogP contribution >= 0.6 is 0 Å². The lowest BCUT2D eigenvalue weighted by atomic mass is 9.94. The molecule has 84 valence electrons. The number of nitrogens with one attached hydrogen (secondary N) is 1. The lowest BCUT2D eigenvalue weighted by Crippen LogP contribution is -2.41. The van der Waals surface area contributed by atoms with Crippen LogP contribution in [0.4, 0.5) is 10.2 Å². The first kappa shape index (κ1) is 11.9. The molecule has 0 bridgehead atoms. The van der Waals surface area contributed by atoms with Gasteiger partial charge in [0, 0.05) is 0 Å². The molecule has 0 spiro atoms. The zero-order chi connectivity index (χ0) is 11.3. The van der Waals surface area contributed by atoms with E-state index in [4.69, 9.17) is 0 Å². The molecule has 3 nitrogen and oxygen atoms in total. The molecule has 0 aliphatic rings. The maximum Gasteiger partial charge on any atom is 0.214 e. The van der Waals surface area contributed by atoms with Crippen LogP contribution in [0.5, 0.6) is 0 Å². The van der Waals surface area contributed by atoms with Gasteiger partial charge in [0.1, 0.15) is 5.82 Å². The Hall–Kier alpha value is -1.16. The average Bonchev–Trinajstić information content (AvgIpc) is 2.26. The van der Waals surface area contributed by atoms with Crippen molar-refractivity contribution in [2.45, 2.75) is 32.2 Å². The van der Waals surface area contributed by atoms with Crippen molar-refractivity contribution in [3.05, 3.63) is 24.1 Å². The summed E-state index contributed by atoms with van der Waals surface area (Å²) < 4.78 is 12.8. The van der Waals surface area contributed by atoms with Crippen molar-refractivity contribution < 1.29 is 9.50 Å². The Balaban J connectivity index is 2.82. The van der Waals surface area contributed by atoms with E-state index in [1.165, 1.54) is 6.07 Å². The van der Waals surface area contributed by atoms with Gasteiger partial charge in [0.25, 0.3) is 0 Å². The minimum Gasteiger partial charge on any atom is -0.394 e. The molecule has 0 amide bonds. The zero-order valence-electron chi connectivity index (χ0n) is 9.13. The summed E-state index contributed by atoms with van der Waals surface area (Å²) in [5.74, 6) is -0.0493. The van der Waals surface area contributed by atoms with Gasteiger partial charge in [-0.2, -0.15) is 4.39 Å². The summed E-state index contributed by atoms with van der Waals surface area (Å²) in [5.41, 5.74) is -0.402. The van der Waals surface area contributed by atoms with E-state index in [1.54, 1.807) is 12.1 Å². The molecule has 0 aliphatic carbocycles. The third-order valence-corrected chi connectivity index (χ3v) is 2.76. The number of aliphatic hydroxyl groups excluding tert-OH is 1. The van der Waals surface area contributed by atoms with Crippen LogP contribution in [0.1, 0.15) is 26.7 Å². The molecule has 1 aromatic rings. The molecule has 1 rings (SSSR count). The number of hydrogen-bond donors (Lipinski definition) is 2. The van der Waals surface area contributed by atoms with Crippen molar-refractivity contribution >= 4 is 5.82 Å². The van der Waals surface area contributed by atoms with Gasteiger partial charge in [-0.3, -0.25) is 0 Å². The molecule has 0 atom stereocenters. The van der Waals surface area contributed by atoms with Gasteiger partial charge in [0.15, 0.2) is 0 Å². The van der Waals surface area contributed by atoms with Crippen molar-refractivity contribution in [3.63, 3.8) is 0 Å². The number of pyridine rings is 1. The first-order valence-electron chi connectivity index (χ1n) is 5.17. The van der Waals surface area contributed by atoms with Crippen molar-refractivity contribution in [2.24, 2.45) is 0 Å². The highest BCUT2D eigenvalue weighted by Crippen LogP contribution is 2.20. The summed E-state index contributed by atoms with van der Waals surface area (Å²) in [7, 11) is 0. The van der Waals surface area contributed by atoms with Crippen LogP contribution in [0, 0.1) is 5.95 Å². The maximum absolute atomic E-state index is 12.8. The van der Waals surface area contributed by atoms with E-state index in [2.05, 4.69) is 10.3 Å². The van der Waals surface area contributed by atoms with E-state index in [9.17, 15) is 9.50 Å². The van der Waals surface area contributed by atoms with E-state index < -0.39 is 11.5 Å². The summed E-state index contributed by atoms with van der Waals surface area (Å²) in [6.07, 6.45) is 1.52. The summed E-state index contributed by atoms with van der Waals surface area (Å²) in [5, 5.41) is 12.4. The molecular weight excluding hydrogens is 195 g/mol.